The monoisotopic (exact) mass is 734 g/mol. The van der Waals surface area contributed by atoms with Crippen LogP contribution in [0.2, 0.25) is 0 Å². The average Bonchev–Trinajstić information content (AvgIpc) is 4.05. The molecule has 0 aromatic rings. The molecular formula is C40H46O13. The van der Waals surface area contributed by atoms with Gasteiger partial charge in [-0.05, 0) is 92.1 Å². The third-order valence-electron chi connectivity index (χ3n) is 15.9. The molecule has 7 aliphatic carbocycles. The minimum absolute atomic E-state index is 0.0104. The van der Waals surface area contributed by atoms with Gasteiger partial charge in [-0.1, -0.05) is 13.8 Å². The van der Waals surface area contributed by atoms with E-state index >= 15 is 0 Å². The summed E-state index contributed by atoms with van der Waals surface area (Å²) in [5, 5.41) is 24.6. The van der Waals surface area contributed by atoms with E-state index in [9.17, 15) is 39.0 Å². The van der Waals surface area contributed by atoms with Crippen molar-refractivity contribution in [1.82, 2.24) is 0 Å². The van der Waals surface area contributed by atoms with Crippen molar-refractivity contribution < 1.29 is 62.7 Å². The maximum Gasteiger partial charge on any atom is 0.338 e. The number of carbonyl (C=O) groups is 6. The van der Waals surface area contributed by atoms with Crippen LogP contribution in [-0.2, 0) is 52.5 Å². The first-order valence-electron chi connectivity index (χ1n) is 18.9. The van der Waals surface area contributed by atoms with Crippen LogP contribution in [0.5, 0.6) is 0 Å². The van der Waals surface area contributed by atoms with E-state index in [2.05, 4.69) is 6.92 Å². The average molecular weight is 735 g/mol. The standard InChI is InChI=1S/C40H46O13/c1-16-8-9-50-27(41)6-7-28(42)51-14-20-22-13-25-37(3,23-12-24(23)39(25,48)15-52-34(16)45)26-11-19-18-10-21(18)38(4)30(19)31(40(22,26)53-36(20)47)29(32(43)33(38)44)17(2)35(46)49-5/h8,18-19,21,23-26,30-31,33,44,48H,6-7,9-15H2,1-5H3/b16-8+,29-17-/t18-,19?,21-,23-,24+,25-,26+,30?,31+,33+,37+,38+,39+,40+/m1/s1. The summed E-state index contributed by atoms with van der Waals surface area (Å²) in [4.78, 5) is 80.9. The Morgan fingerprint density at radius 2 is 1.60 bits per heavy atom. The number of rotatable bonds is 1. The summed E-state index contributed by atoms with van der Waals surface area (Å²) >= 11 is 0. The van der Waals surface area contributed by atoms with Gasteiger partial charge in [0.05, 0.1) is 25.5 Å². The van der Waals surface area contributed by atoms with Gasteiger partial charge in [-0.3, -0.25) is 14.4 Å². The van der Waals surface area contributed by atoms with Crippen molar-refractivity contribution >= 4 is 35.6 Å². The van der Waals surface area contributed by atoms with Crippen LogP contribution < -0.4 is 0 Å². The van der Waals surface area contributed by atoms with E-state index in [-0.39, 0.29) is 90.3 Å². The lowest BCUT2D eigenvalue weighted by Gasteiger charge is -2.66. The van der Waals surface area contributed by atoms with Crippen LogP contribution in [-0.4, -0.2) is 90.1 Å². The predicted octanol–water partition coefficient (Wildman–Crippen LogP) is 2.31. The van der Waals surface area contributed by atoms with Crippen LogP contribution in [0.3, 0.4) is 0 Å². The van der Waals surface area contributed by atoms with Gasteiger partial charge in [0, 0.05) is 39.9 Å². The summed E-state index contributed by atoms with van der Waals surface area (Å²) in [5.41, 5.74) is -3.44. The maximum absolute atomic E-state index is 14.6. The number of Topliss-reactive ketones (excluding diaryl/α,β-unsaturated/α-hetero) is 1. The van der Waals surface area contributed by atoms with Gasteiger partial charge in [-0.25, -0.2) is 14.4 Å². The fourth-order valence-electron chi connectivity index (χ4n) is 13.5. The van der Waals surface area contributed by atoms with E-state index in [1.54, 1.807) is 0 Å². The normalized spacial score (nSPS) is 50.0. The van der Waals surface area contributed by atoms with Crippen molar-refractivity contribution in [2.45, 2.75) is 83.5 Å². The van der Waals surface area contributed by atoms with Crippen molar-refractivity contribution in [3.63, 3.8) is 0 Å². The molecule has 7 saturated carbocycles. The van der Waals surface area contributed by atoms with Gasteiger partial charge in [-0.15, -0.1) is 0 Å². The largest absolute Gasteiger partial charge is 0.466 e. The molecule has 14 atom stereocenters. The lowest BCUT2D eigenvalue weighted by atomic mass is 9.39. The number of aliphatic hydroxyl groups is 2. The number of hydrogen-bond donors (Lipinski definition) is 2. The molecule has 0 aromatic heterocycles. The zero-order valence-corrected chi connectivity index (χ0v) is 30.6. The van der Waals surface area contributed by atoms with Gasteiger partial charge in [0.15, 0.2) is 5.78 Å². The number of aliphatic hydroxyl groups excluding tert-OH is 1. The van der Waals surface area contributed by atoms with E-state index < -0.39 is 88.1 Å². The first-order valence-corrected chi connectivity index (χ1v) is 18.9. The lowest BCUT2D eigenvalue weighted by Crippen LogP contribution is -2.70. The van der Waals surface area contributed by atoms with Crippen LogP contribution in [0.15, 0.2) is 33.9 Å². The van der Waals surface area contributed by atoms with Crippen LogP contribution in [0.4, 0.5) is 0 Å². The highest BCUT2D eigenvalue weighted by atomic mass is 16.6. The Morgan fingerprint density at radius 1 is 0.887 bits per heavy atom. The van der Waals surface area contributed by atoms with E-state index in [1.165, 1.54) is 27.0 Å². The number of hydrogen-bond acceptors (Lipinski definition) is 13. The van der Waals surface area contributed by atoms with Gasteiger partial charge in [0.25, 0.3) is 0 Å². The van der Waals surface area contributed by atoms with Crippen molar-refractivity contribution in [3.8, 4) is 0 Å². The van der Waals surface area contributed by atoms with Gasteiger partial charge in [0.1, 0.15) is 37.1 Å². The number of esters is 5. The first-order chi connectivity index (χ1) is 25.1. The molecule has 0 saturated heterocycles. The molecule has 0 amide bonds. The number of fused-ring (bicyclic) bond motifs is 7. The number of methoxy groups -OCH3 is 1. The number of cyclic esters (lactones) is 3. The van der Waals surface area contributed by atoms with Crippen LogP contribution in [0, 0.1) is 64.1 Å². The van der Waals surface area contributed by atoms with Gasteiger partial charge in [-0.2, -0.15) is 0 Å². The van der Waals surface area contributed by atoms with Crippen molar-refractivity contribution in [2.75, 3.05) is 26.9 Å². The second-order valence-corrected chi connectivity index (χ2v) is 17.6. The van der Waals surface area contributed by atoms with Crippen molar-refractivity contribution in [2.24, 2.45) is 64.1 Å². The maximum atomic E-state index is 14.6. The summed E-state index contributed by atoms with van der Waals surface area (Å²) in [7, 11) is 1.23. The third-order valence-corrected chi connectivity index (χ3v) is 15.9. The van der Waals surface area contributed by atoms with Gasteiger partial charge < -0.3 is 33.9 Å². The first kappa shape index (κ1) is 34.9. The zero-order valence-electron chi connectivity index (χ0n) is 30.6. The smallest absolute Gasteiger partial charge is 0.338 e. The van der Waals surface area contributed by atoms with Crippen molar-refractivity contribution in [1.29, 1.82) is 0 Å². The molecule has 13 nitrogen and oxygen atoms in total. The molecule has 0 radical (unpaired) electrons. The molecule has 9 aliphatic rings. The molecule has 0 aromatic carbocycles. The number of ketones is 1. The molecule has 2 heterocycles. The summed E-state index contributed by atoms with van der Waals surface area (Å²) in [6.45, 7) is 6.20. The molecule has 7 fully saturated rings. The second-order valence-electron chi connectivity index (χ2n) is 17.6. The summed E-state index contributed by atoms with van der Waals surface area (Å²) in [6.07, 6.45) is 1.71. The second kappa shape index (κ2) is 11.1. The molecule has 2 unspecified atom stereocenters. The van der Waals surface area contributed by atoms with E-state index in [4.69, 9.17) is 23.7 Å². The lowest BCUT2D eigenvalue weighted by molar-refractivity contribution is -0.225. The van der Waals surface area contributed by atoms with Gasteiger partial charge >= 0.3 is 29.8 Å². The Balaban J connectivity index is 1.25. The molecule has 1 spiro atoms. The van der Waals surface area contributed by atoms with Crippen LogP contribution in [0.25, 0.3) is 0 Å². The molecule has 2 bridgehead atoms. The minimum atomic E-state index is -1.47. The summed E-state index contributed by atoms with van der Waals surface area (Å²) in [5.74, 6) is -6.03. The number of ether oxygens (including phenoxy) is 5. The molecule has 9 rings (SSSR count). The molecular weight excluding hydrogens is 688 g/mol. The zero-order chi connectivity index (χ0) is 37.7. The Morgan fingerprint density at radius 3 is 2.32 bits per heavy atom. The summed E-state index contributed by atoms with van der Waals surface area (Å²) < 4.78 is 28.5. The fraction of sp³-hybridized carbons (Fsp3) is 0.700. The van der Waals surface area contributed by atoms with Crippen molar-refractivity contribution in [3.05, 3.63) is 33.9 Å². The fourth-order valence-corrected chi connectivity index (χ4v) is 13.5. The third kappa shape index (κ3) is 4.26. The number of carbonyl (C=O) groups excluding carboxylic acids is 6. The Hall–Kier alpha value is -3.84. The minimum Gasteiger partial charge on any atom is -0.466 e. The summed E-state index contributed by atoms with van der Waals surface area (Å²) in [6, 6.07) is 0. The molecule has 2 N–H and O–H groups in total. The molecule has 284 valence electrons. The van der Waals surface area contributed by atoms with Crippen LogP contribution >= 0.6 is 0 Å². The quantitative estimate of drug-likeness (QED) is 0.227. The Bertz CT molecular complexity index is 1890. The topological polar surface area (TPSA) is 189 Å². The molecule has 13 heteroatoms. The molecule has 53 heavy (non-hydrogen) atoms. The highest BCUT2D eigenvalue weighted by Gasteiger charge is 2.86. The Labute approximate surface area is 306 Å². The van der Waals surface area contributed by atoms with E-state index in [1.807, 2.05) is 6.92 Å². The highest BCUT2D eigenvalue weighted by Crippen LogP contribution is 2.84. The Kier molecular flexibility index (Phi) is 7.32. The van der Waals surface area contributed by atoms with E-state index in [0.717, 1.165) is 6.42 Å². The SMILES string of the molecule is COC(=O)/C(C)=C1\C(=O)[C@H](O)[C@]2(C)C3C(C[C@@H]4[C@]5(OC(=O)C6=C5C[C@H]5[C@](O)(COC(=O)/C(C)=C/COC(=O)CCC(=O)OC6)[C@H]6C[C@H]6[C@]45C)[C@@H]13)[C@H]1C[C@H]12. The predicted molar refractivity (Wildman–Crippen MR) is 178 cm³/mol. The van der Waals surface area contributed by atoms with Gasteiger partial charge in [0.2, 0.25) is 0 Å². The highest BCUT2D eigenvalue weighted by molar-refractivity contribution is 6.08. The van der Waals surface area contributed by atoms with E-state index in [0.29, 0.717) is 18.4 Å². The molecule has 2 aliphatic heterocycles. The van der Waals surface area contributed by atoms with Crippen LogP contribution in [0.1, 0.15) is 66.2 Å².